The summed E-state index contributed by atoms with van der Waals surface area (Å²) < 4.78 is 5.10. The van der Waals surface area contributed by atoms with E-state index < -0.39 is 9.76 Å². The molecule has 1 unspecified atom stereocenters. The zero-order valence-electron chi connectivity index (χ0n) is 6.05. The van der Waals surface area contributed by atoms with E-state index in [-0.39, 0.29) is 5.54 Å². The summed E-state index contributed by atoms with van der Waals surface area (Å²) >= 11 is 0. The molecule has 0 heterocycles. The summed E-state index contributed by atoms with van der Waals surface area (Å²) in [6, 6.07) is 2.26. The SMILES string of the molecule is CCCC(C#N)[SiH2]O[SiH3]. The molecule has 0 aromatic carbocycles. The number of nitrogens with zero attached hydrogens (tertiary/aromatic N) is 1. The molecule has 0 rings (SSSR count). The highest BCUT2D eigenvalue weighted by Crippen LogP contribution is 2.08. The topological polar surface area (TPSA) is 33.0 Å². The molecule has 0 aliphatic carbocycles. The van der Waals surface area contributed by atoms with E-state index in [9.17, 15) is 0 Å². The van der Waals surface area contributed by atoms with Crippen LogP contribution in [0.4, 0.5) is 0 Å². The van der Waals surface area contributed by atoms with Crippen LogP contribution < -0.4 is 0 Å². The summed E-state index contributed by atoms with van der Waals surface area (Å²) in [5.41, 5.74) is 0.271. The second-order valence-electron chi connectivity index (χ2n) is 2.07. The van der Waals surface area contributed by atoms with Crippen molar-refractivity contribution in [2.45, 2.75) is 25.3 Å². The Bertz CT molecular complexity index is 95.6. The number of hydrogen-bond donors (Lipinski definition) is 0. The van der Waals surface area contributed by atoms with Crippen molar-refractivity contribution >= 4 is 20.2 Å². The molecule has 1 atom stereocenters. The van der Waals surface area contributed by atoms with E-state index in [0.29, 0.717) is 0 Å². The molecule has 0 saturated heterocycles. The number of hydrogen-bond acceptors (Lipinski definition) is 2. The van der Waals surface area contributed by atoms with E-state index in [2.05, 4.69) is 13.0 Å². The quantitative estimate of drug-likeness (QED) is 0.517. The molecule has 52 valence electrons. The van der Waals surface area contributed by atoms with E-state index >= 15 is 0 Å². The van der Waals surface area contributed by atoms with Crippen molar-refractivity contribution in [3.63, 3.8) is 0 Å². The lowest BCUT2D eigenvalue weighted by Crippen LogP contribution is -2.03. The summed E-state index contributed by atoms with van der Waals surface area (Å²) in [7, 11) is 0.334. The van der Waals surface area contributed by atoms with Crippen LogP contribution in [0, 0.1) is 11.3 Å². The molecule has 0 amide bonds. The van der Waals surface area contributed by atoms with Crippen LogP contribution in [0.5, 0.6) is 0 Å². The predicted octanol–water partition coefficient (Wildman–Crippen LogP) is -0.521. The first kappa shape index (κ1) is 8.88. The Morgan fingerprint density at radius 2 is 2.56 bits per heavy atom. The third-order valence-corrected chi connectivity index (χ3v) is 3.51. The Morgan fingerprint density at radius 1 is 1.89 bits per heavy atom. The van der Waals surface area contributed by atoms with Gasteiger partial charge in [0.2, 0.25) is 0 Å². The average Bonchev–Trinajstić information content (AvgIpc) is 1.88. The molecule has 0 fully saturated rings. The van der Waals surface area contributed by atoms with Crippen molar-refractivity contribution in [2.24, 2.45) is 0 Å². The molecule has 0 aromatic rings. The van der Waals surface area contributed by atoms with Crippen LogP contribution in [0.2, 0.25) is 5.54 Å². The maximum atomic E-state index is 8.51. The van der Waals surface area contributed by atoms with Crippen molar-refractivity contribution in [3.05, 3.63) is 0 Å². The average molecular weight is 159 g/mol. The van der Waals surface area contributed by atoms with Gasteiger partial charge < -0.3 is 4.12 Å². The van der Waals surface area contributed by atoms with Gasteiger partial charge in [-0.1, -0.05) is 13.3 Å². The van der Waals surface area contributed by atoms with Crippen LogP contribution in [0.25, 0.3) is 0 Å². The smallest absolute Gasteiger partial charge is 0.163 e. The van der Waals surface area contributed by atoms with E-state index in [1.807, 2.05) is 0 Å². The first-order chi connectivity index (χ1) is 4.35. The van der Waals surface area contributed by atoms with Gasteiger partial charge in [-0.3, -0.25) is 0 Å². The third-order valence-electron chi connectivity index (χ3n) is 1.19. The van der Waals surface area contributed by atoms with Crippen LogP contribution in [0.3, 0.4) is 0 Å². The Labute approximate surface area is 61.7 Å². The Balaban J connectivity index is 3.32. The van der Waals surface area contributed by atoms with E-state index in [0.717, 1.165) is 23.3 Å². The molecule has 2 nitrogen and oxygen atoms in total. The second kappa shape index (κ2) is 6.01. The van der Waals surface area contributed by atoms with Crippen LogP contribution in [0.15, 0.2) is 0 Å². The molecule has 0 aliphatic heterocycles. The van der Waals surface area contributed by atoms with Crippen molar-refractivity contribution in [1.82, 2.24) is 0 Å². The van der Waals surface area contributed by atoms with Gasteiger partial charge in [-0.15, -0.1) is 0 Å². The monoisotopic (exact) mass is 159 g/mol. The highest BCUT2D eigenvalue weighted by molar-refractivity contribution is 6.37. The van der Waals surface area contributed by atoms with Gasteiger partial charge in [0.25, 0.3) is 0 Å². The number of rotatable bonds is 4. The molecule has 4 heteroatoms. The van der Waals surface area contributed by atoms with Gasteiger partial charge >= 0.3 is 0 Å². The standard InChI is InChI=1S/C5H13NOSi2/c1-2-3-5(4-6)9-7-8/h5H,2-3,9H2,1,8H3. The highest BCUT2D eigenvalue weighted by atomic mass is 28.3. The lowest BCUT2D eigenvalue weighted by Gasteiger charge is -2.02. The van der Waals surface area contributed by atoms with Crippen LogP contribution >= 0.6 is 0 Å². The fourth-order valence-electron chi connectivity index (χ4n) is 0.735. The summed E-state index contributed by atoms with van der Waals surface area (Å²) in [6.45, 7) is 2.10. The number of nitriles is 1. The minimum atomic E-state index is -0.475. The van der Waals surface area contributed by atoms with E-state index in [1.54, 1.807) is 0 Å². The van der Waals surface area contributed by atoms with Gasteiger partial charge in [0.15, 0.2) is 9.76 Å². The molecule has 0 bridgehead atoms. The van der Waals surface area contributed by atoms with E-state index in [1.165, 1.54) is 0 Å². The van der Waals surface area contributed by atoms with Crippen molar-refractivity contribution < 1.29 is 4.12 Å². The normalized spacial score (nSPS) is 14.2. The van der Waals surface area contributed by atoms with E-state index in [4.69, 9.17) is 9.38 Å². The van der Waals surface area contributed by atoms with Crippen LogP contribution in [-0.2, 0) is 4.12 Å². The zero-order chi connectivity index (χ0) is 7.11. The largest absolute Gasteiger partial charge is 0.467 e. The third kappa shape index (κ3) is 4.39. The minimum Gasteiger partial charge on any atom is -0.467 e. The first-order valence-corrected chi connectivity index (χ1v) is 5.44. The maximum absolute atomic E-state index is 8.51. The first-order valence-electron chi connectivity index (χ1n) is 3.23. The van der Waals surface area contributed by atoms with Crippen molar-refractivity contribution in [3.8, 4) is 6.07 Å². The molecular weight excluding hydrogens is 146 g/mol. The summed E-state index contributed by atoms with van der Waals surface area (Å²) in [5, 5.41) is 8.51. The van der Waals surface area contributed by atoms with Gasteiger partial charge in [-0.05, 0) is 6.42 Å². The van der Waals surface area contributed by atoms with Gasteiger partial charge in [0.1, 0.15) is 10.5 Å². The van der Waals surface area contributed by atoms with Gasteiger partial charge in [-0.25, -0.2) is 0 Å². The Kier molecular flexibility index (Phi) is 5.93. The zero-order valence-corrected chi connectivity index (χ0v) is 9.47. The molecule has 0 aromatic heterocycles. The van der Waals surface area contributed by atoms with Crippen molar-refractivity contribution in [2.75, 3.05) is 0 Å². The highest BCUT2D eigenvalue weighted by Gasteiger charge is 2.04. The lowest BCUT2D eigenvalue weighted by atomic mass is 10.3. The van der Waals surface area contributed by atoms with Gasteiger partial charge in [0.05, 0.1) is 11.6 Å². The molecule has 0 radical (unpaired) electrons. The molecule has 0 N–H and O–H groups in total. The molecule has 9 heavy (non-hydrogen) atoms. The Morgan fingerprint density at radius 3 is 2.89 bits per heavy atom. The predicted molar refractivity (Wildman–Crippen MR) is 43.8 cm³/mol. The van der Waals surface area contributed by atoms with Crippen LogP contribution in [-0.4, -0.2) is 20.2 Å². The minimum absolute atomic E-state index is 0.271. The second-order valence-corrected chi connectivity index (χ2v) is 5.70. The van der Waals surface area contributed by atoms with Gasteiger partial charge in [-0.2, -0.15) is 5.26 Å². The summed E-state index contributed by atoms with van der Waals surface area (Å²) in [4.78, 5) is 0. The molecule has 0 aliphatic rings. The molecular formula is C5H13NOSi2. The summed E-state index contributed by atoms with van der Waals surface area (Å²) in [5.74, 6) is 0. The molecule has 0 spiro atoms. The maximum Gasteiger partial charge on any atom is 0.163 e. The Hall–Kier alpha value is -0.116. The van der Waals surface area contributed by atoms with Crippen LogP contribution in [0.1, 0.15) is 19.8 Å². The fraction of sp³-hybridized carbons (Fsp3) is 0.800. The summed E-state index contributed by atoms with van der Waals surface area (Å²) in [6.07, 6.45) is 2.14. The lowest BCUT2D eigenvalue weighted by molar-refractivity contribution is 0.634. The van der Waals surface area contributed by atoms with Crippen molar-refractivity contribution in [1.29, 1.82) is 5.26 Å². The molecule has 0 saturated carbocycles. The fourth-order valence-corrected chi connectivity index (χ4v) is 2.99. The van der Waals surface area contributed by atoms with Gasteiger partial charge in [0, 0.05) is 0 Å².